The fourth-order valence-electron chi connectivity index (χ4n) is 3.23. The normalized spacial score (nSPS) is 19.0. The van der Waals surface area contributed by atoms with Gasteiger partial charge in [0.2, 0.25) is 10.0 Å². The number of hydrogen-bond acceptors (Lipinski definition) is 3. The molecule has 5 heteroatoms. The molecule has 1 heterocycles. The van der Waals surface area contributed by atoms with Crippen LogP contribution in [0.4, 0.5) is 5.69 Å². The zero-order valence-corrected chi connectivity index (χ0v) is 12.5. The van der Waals surface area contributed by atoms with E-state index in [1.807, 2.05) is 6.07 Å². The second kappa shape index (κ2) is 5.74. The highest BCUT2D eigenvalue weighted by Gasteiger charge is 2.19. The van der Waals surface area contributed by atoms with Crippen LogP contribution in [-0.2, 0) is 16.4 Å². The summed E-state index contributed by atoms with van der Waals surface area (Å²) in [5, 5.41) is 3.24. The van der Waals surface area contributed by atoms with Crippen molar-refractivity contribution in [2.45, 2.75) is 43.4 Å². The van der Waals surface area contributed by atoms with Gasteiger partial charge in [-0.2, -0.15) is 0 Å². The van der Waals surface area contributed by atoms with E-state index in [-0.39, 0.29) is 0 Å². The summed E-state index contributed by atoms with van der Waals surface area (Å²) >= 11 is 0. The summed E-state index contributed by atoms with van der Waals surface area (Å²) in [5.74, 6) is 0.710. The maximum absolute atomic E-state index is 12.3. The van der Waals surface area contributed by atoms with Gasteiger partial charge in [-0.05, 0) is 42.5 Å². The molecule has 2 aliphatic rings. The Bertz CT molecular complexity index is 578. The fraction of sp³-hybridized carbons (Fsp3) is 0.600. The SMILES string of the molecule is O=S(=O)(NCCC1CCCC1)c1ccc2c(c1)CCN2. The number of hydrogen-bond donors (Lipinski definition) is 2. The lowest BCUT2D eigenvalue weighted by Gasteiger charge is -2.11. The lowest BCUT2D eigenvalue weighted by atomic mass is 10.1. The van der Waals surface area contributed by atoms with E-state index in [4.69, 9.17) is 0 Å². The molecular weight excluding hydrogens is 272 g/mol. The molecule has 1 fully saturated rings. The molecule has 2 N–H and O–H groups in total. The van der Waals surface area contributed by atoms with E-state index in [2.05, 4.69) is 10.0 Å². The quantitative estimate of drug-likeness (QED) is 0.877. The number of fused-ring (bicyclic) bond motifs is 1. The molecule has 0 atom stereocenters. The largest absolute Gasteiger partial charge is 0.384 e. The number of anilines is 1. The van der Waals surface area contributed by atoms with Crippen LogP contribution in [0.3, 0.4) is 0 Å². The average Bonchev–Trinajstić information content (AvgIpc) is 3.08. The Balaban J connectivity index is 1.62. The molecule has 0 spiro atoms. The third-order valence-electron chi connectivity index (χ3n) is 4.42. The smallest absolute Gasteiger partial charge is 0.240 e. The molecule has 0 radical (unpaired) electrons. The highest BCUT2D eigenvalue weighted by atomic mass is 32.2. The topological polar surface area (TPSA) is 58.2 Å². The third-order valence-corrected chi connectivity index (χ3v) is 5.87. The minimum absolute atomic E-state index is 0.395. The Hall–Kier alpha value is -1.07. The summed E-state index contributed by atoms with van der Waals surface area (Å²) < 4.78 is 27.3. The Morgan fingerprint density at radius 2 is 2.05 bits per heavy atom. The van der Waals surface area contributed by atoms with Crippen molar-refractivity contribution in [2.24, 2.45) is 5.92 Å². The minimum atomic E-state index is -3.35. The fourth-order valence-corrected chi connectivity index (χ4v) is 4.33. The maximum Gasteiger partial charge on any atom is 0.240 e. The first-order chi connectivity index (χ1) is 9.65. The summed E-state index contributed by atoms with van der Waals surface area (Å²) in [6.45, 7) is 1.45. The molecule has 20 heavy (non-hydrogen) atoms. The Kier molecular flexibility index (Phi) is 3.98. The first-order valence-corrected chi connectivity index (χ1v) is 9.00. The van der Waals surface area contributed by atoms with Gasteiger partial charge < -0.3 is 5.32 Å². The van der Waals surface area contributed by atoms with Crippen molar-refractivity contribution < 1.29 is 8.42 Å². The Morgan fingerprint density at radius 1 is 1.25 bits per heavy atom. The van der Waals surface area contributed by atoms with E-state index < -0.39 is 10.0 Å². The van der Waals surface area contributed by atoms with Gasteiger partial charge in [0, 0.05) is 18.8 Å². The molecule has 3 rings (SSSR count). The van der Waals surface area contributed by atoms with Crippen molar-refractivity contribution in [3.05, 3.63) is 23.8 Å². The first-order valence-electron chi connectivity index (χ1n) is 7.52. The van der Waals surface area contributed by atoms with Gasteiger partial charge in [-0.25, -0.2) is 13.1 Å². The monoisotopic (exact) mass is 294 g/mol. The second-order valence-electron chi connectivity index (χ2n) is 5.83. The van der Waals surface area contributed by atoms with Crippen LogP contribution in [0.2, 0.25) is 0 Å². The van der Waals surface area contributed by atoms with Crippen molar-refractivity contribution >= 4 is 15.7 Å². The van der Waals surface area contributed by atoms with Crippen molar-refractivity contribution in [1.29, 1.82) is 0 Å². The molecule has 110 valence electrons. The number of benzene rings is 1. The molecule has 1 aliphatic carbocycles. The highest BCUT2D eigenvalue weighted by Crippen LogP contribution is 2.27. The van der Waals surface area contributed by atoms with E-state index in [0.717, 1.165) is 30.6 Å². The third kappa shape index (κ3) is 2.99. The van der Waals surface area contributed by atoms with Crippen LogP contribution < -0.4 is 10.0 Å². The highest BCUT2D eigenvalue weighted by molar-refractivity contribution is 7.89. The van der Waals surface area contributed by atoms with Crippen molar-refractivity contribution in [3.63, 3.8) is 0 Å². The molecule has 0 amide bonds. The molecule has 1 aromatic carbocycles. The molecule has 0 bridgehead atoms. The van der Waals surface area contributed by atoms with Crippen molar-refractivity contribution in [2.75, 3.05) is 18.4 Å². The van der Waals surface area contributed by atoms with Gasteiger partial charge in [-0.15, -0.1) is 0 Å². The van der Waals surface area contributed by atoms with Gasteiger partial charge >= 0.3 is 0 Å². The van der Waals surface area contributed by atoms with Crippen LogP contribution in [-0.4, -0.2) is 21.5 Å². The van der Waals surface area contributed by atoms with Gasteiger partial charge in [-0.3, -0.25) is 0 Å². The van der Waals surface area contributed by atoms with Crippen molar-refractivity contribution in [1.82, 2.24) is 4.72 Å². The predicted molar refractivity (Wildman–Crippen MR) is 80.4 cm³/mol. The van der Waals surface area contributed by atoms with Gasteiger partial charge in [-0.1, -0.05) is 25.7 Å². The molecule has 1 aromatic rings. The van der Waals surface area contributed by atoms with E-state index in [1.165, 1.54) is 25.7 Å². The van der Waals surface area contributed by atoms with Crippen LogP contribution in [0.5, 0.6) is 0 Å². The predicted octanol–water partition coefficient (Wildman–Crippen LogP) is 2.51. The van der Waals surface area contributed by atoms with Gasteiger partial charge in [0.1, 0.15) is 0 Å². The molecule has 4 nitrogen and oxygen atoms in total. The lowest BCUT2D eigenvalue weighted by Crippen LogP contribution is -2.26. The number of sulfonamides is 1. The summed E-state index contributed by atoms with van der Waals surface area (Å²) in [5.41, 5.74) is 2.17. The lowest BCUT2D eigenvalue weighted by molar-refractivity contribution is 0.495. The van der Waals surface area contributed by atoms with Gasteiger partial charge in [0.05, 0.1) is 4.90 Å². The molecular formula is C15H22N2O2S. The van der Waals surface area contributed by atoms with Crippen LogP contribution >= 0.6 is 0 Å². The van der Waals surface area contributed by atoms with E-state index >= 15 is 0 Å². The van der Waals surface area contributed by atoms with Crippen LogP contribution in [0, 0.1) is 5.92 Å². The molecule has 1 aliphatic heterocycles. The van der Waals surface area contributed by atoms with Crippen molar-refractivity contribution in [3.8, 4) is 0 Å². The van der Waals surface area contributed by atoms with E-state index in [9.17, 15) is 8.42 Å². The van der Waals surface area contributed by atoms with Crippen LogP contribution in [0.25, 0.3) is 0 Å². The maximum atomic E-state index is 12.3. The van der Waals surface area contributed by atoms with Gasteiger partial charge in [0.25, 0.3) is 0 Å². The minimum Gasteiger partial charge on any atom is -0.384 e. The zero-order valence-electron chi connectivity index (χ0n) is 11.7. The standard InChI is InChI=1S/C15H22N2O2S/c18-20(19,17-10-7-12-3-1-2-4-12)14-5-6-15-13(11-14)8-9-16-15/h5-6,11-12,16-17H,1-4,7-10H2. The molecule has 0 unspecified atom stereocenters. The summed E-state index contributed by atoms with van der Waals surface area (Å²) in [6.07, 6.45) is 6.98. The number of rotatable bonds is 5. The van der Waals surface area contributed by atoms with E-state index in [0.29, 0.717) is 17.4 Å². The molecule has 0 saturated heterocycles. The van der Waals surface area contributed by atoms with Gasteiger partial charge in [0.15, 0.2) is 0 Å². The zero-order chi connectivity index (χ0) is 14.0. The first kappa shape index (κ1) is 13.9. The van der Waals surface area contributed by atoms with Crippen LogP contribution in [0.1, 0.15) is 37.7 Å². The average molecular weight is 294 g/mol. The number of nitrogens with one attached hydrogen (secondary N) is 2. The second-order valence-corrected chi connectivity index (χ2v) is 7.60. The molecule has 0 aromatic heterocycles. The summed E-state index contributed by atoms with van der Waals surface area (Å²) in [7, 11) is -3.35. The Morgan fingerprint density at radius 3 is 2.85 bits per heavy atom. The summed E-state index contributed by atoms with van der Waals surface area (Å²) in [6, 6.07) is 5.36. The molecule has 1 saturated carbocycles. The Labute approximate surface area is 121 Å². The van der Waals surface area contributed by atoms with Crippen LogP contribution in [0.15, 0.2) is 23.1 Å². The summed E-state index contributed by atoms with van der Waals surface area (Å²) in [4.78, 5) is 0.395. The van der Waals surface area contributed by atoms with E-state index in [1.54, 1.807) is 12.1 Å².